The molecule has 0 unspecified atom stereocenters. The number of fused-ring (bicyclic) bond motifs is 1. The van der Waals surface area contributed by atoms with Crippen molar-refractivity contribution >= 4 is 11.6 Å². The van der Waals surface area contributed by atoms with Crippen LogP contribution in [0, 0.1) is 11.8 Å². The van der Waals surface area contributed by atoms with E-state index in [1.165, 1.54) is 0 Å². The Morgan fingerprint density at radius 2 is 2.08 bits per heavy atom. The molecule has 0 heterocycles. The Morgan fingerprint density at radius 3 is 2.92 bits per heavy atom. The number of ketones is 2. The molecule has 64 valence electrons. The van der Waals surface area contributed by atoms with Gasteiger partial charge in [0.2, 0.25) is 0 Å². The van der Waals surface area contributed by atoms with Crippen LogP contribution in [0.15, 0.2) is 12.2 Å². The molecule has 1 saturated carbocycles. The van der Waals surface area contributed by atoms with E-state index < -0.39 is 0 Å². The molecule has 0 aliphatic heterocycles. The summed E-state index contributed by atoms with van der Waals surface area (Å²) in [7, 11) is 0. The average Bonchev–Trinajstić information content (AvgIpc) is 2.05. The molecule has 2 heteroatoms. The van der Waals surface area contributed by atoms with E-state index in [2.05, 4.69) is 0 Å². The average molecular weight is 164 g/mol. The van der Waals surface area contributed by atoms with Crippen LogP contribution in [0.3, 0.4) is 0 Å². The first kappa shape index (κ1) is 7.71. The summed E-state index contributed by atoms with van der Waals surface area (Å²) in [5.41, 5.74) is 0. The van der Waals surface area contributed by atoms with Crippen molar-refractivity contribution < 1.29 is 9.59 Å². The molecule has 0 bridgehead atoms. The molecule has 0 N–H and O–H groups in total. The predicted molar refractivity (Wildman–Crippen MR) is 44.6 cm³/mol. The molecular formula is C10H12O2. The van der Waals surface area contributed by atoms with Crippen LogP contribution in [0.2, 0.25) is 0 Å². The lowest BCUT2D eigenvalue weighted by Gasteiger charge is -2.30. The molecule has 0 aromatic rings. The Hall–Kier alpha value is -0.920. The molecule has 2 rings (SSSR count). The summed E-state index contributed by atoms with van der Waals surface area (Å²) in [6.45, 7) is 0. The van der Waals surface area contributed by atoms with E-state index in [4.69, 9.17) is 0 Å². The number of Topliss-reactive ketones (excluding diaryl/α,β-unsaturated/α-hetero) is 1. The molecule has 2 aliphatic rings. The molecule has 0 spiro atoms. The summed E-state index contributed by atoms with van der Waals surface area (Å²) in [5.74, 6) is 1.41. The first-order valence-electron chi connectivity index (χ1n) is 4.48. The Labute approximate surface area is 71.6 Å². The molecule has 2 atom stereocenters. The summed E-state index contributed by atoms with van der Waals surface area (Å²) >= 11 is 0. The SMILES string of the molecule is O=C1C=C[C@H]2CC(=O)CC[C@@H]2C1. The van der Waals surface area contributed by atoms with Gasteiger partial charge in [-0.2, -0.15) is 0 Å². The smallest absolute Gasteiger partial charge is 0.155 e. The van der Waals surface area contributed by atoms with E-state index in [1.807, 2.05) is 6.08 Å². The van der Waals surface area contributed by atoms with Crippen molar-refractivity contribution in [3.8, 4) is 0 Å². The Morgan fingerprint density at radius 1 is 1.25 bits per heavy atom. The molecule has 0 aromatic heterocycles. The lowest BCUT2D eigenvalue weighted by atomic mass is 9.73. The van der Waals surface area contributed by atoms with Gasteiger partial charge in [0.05, 0.1) is 0 Å². The number of carbonyl (C=O) groups is 2. The van der Waals surface area contributed by atoms with E-state index in [1.54, 1.807) is 6.08 Å². The molecular weight excluding hydrogens is 152 g/mol. The first-order valence-corrected chi connectivity index (χ1v) is 4.48. The van der Waals surface area contributed by atoms with Gasteiger partial charge in [0, 0.05) is 19.3 Å². The van der Waals surface area contributed by atoms with Gasteiger partial charge in [-0.15, -0.1) is 0 Å². The third kappa shape index (κ3) is 1.33. The van der Waals surface area contributed by atoms with Crippen LogP contribution in [0.5, 0.6) is 0 Å². The van der Waals surface area contributed by atoms with Gasteiger partial charge in [-0.1, -0.05) is 6.08 Å². The fraction of sp³-hybridized carbons (Fsp3) is 0.600. The maximum absolute atomic E-state index is 11.1. The molecule has 0 radical (unpaired) electrons. The first-order chi connectivity index (χ1) is 5.75. The number of hydrogen-bond donors (Lipinski definition) is 0. The number of rotatable bonds is 0. The quantitative estimate of drug-likeness (QED) is 0.543. The van der Waals surface area contributed by atoms with Gasteiger partial charge < -0.3 is 0 Å². The van der Waals surface area contributed by atoms with Crippen molar-refractivity contribution in [3.63, 3.8) is 0 Å². The summed E-state index contributed by atoms with van der Waals surface area (Å²) in [5, 5.41) is 0. The topological polar surface area (TPSA) is 34.1 Å². The summed E-state index contributed by atoms with van der Waals surface area (Å²) in [4.78, 5) is 22.1. The number of allylic oxidation sites excluding steroid dienone is 2. The van der Waals surface area contributed by atoms with E-state index in [0.717, 1.165) is 6.42 Å². The minimum Gasteiger partial charge on any atom is -0.300 e. The normalized spacial score (nSPS) is 35.0. The van der Waals surface area contributed by atoms with Gasteiger partial charge in [0.15, 0.2) is 5.78 Å². The maximum atomic E-state index is 11.1. The van der Waals surface area contributed by atoms with E-state index >= 15 is 0 Å². The van der Waals surface area contributed by atoms with Gasteiger partial charge in [0.25, 0.3) is 0 Å². The predicted octanol–water partition coefficient (Wildman–Crippen LogP) is 1.50. The van der Waals surface area contributed by atoms with Gasteiger partial charge in [-0.3, -0.25) is 9.59 Å². The van der Waals surface area contributed by atoms with Gasteiger partial charge in [-0.05, 0) is 24.3 Å². The van der Waals surface area contributed by atoms with Crippen LogP contribution in [0.1, 0.15) is 25.7 Å². The van der Waals surface area contributed by atoms with Crippen molar-refractivity contribution in [2.45, 2.75) is 25.7 Å². The zero-order valence-electron chi connectivity index (χ0n) is 6.95. The second-order valence-electron chi connectivity index (χ2n) is 3.73. The van der Waals surface area contributed by atoms with Crippen LogP contribution in [-0.2, 0) is 9.59 Å². The Balaban J connectivity index is 2.14. The second-order valence-corrected chi connectivity index (χ2v) is 3.73. The van der Waals surface area contributed by atoms with Crippen molar-refractivity contribution in [2.24, 2.45) is 11.8 Å². The number of hydrogen-bond acceptors (Lipinski definition) is 2. The van der Waals surface area contributed by atoms with Crippen LogP contribution in [-0.4, -0.2) is 11.6 Å². The van der Waals surface area contributed by atoms with E-state index in [9.17, 15) is 9.59 Å². The van der Waals surface area contributed by atoms with Crippen molar-refractivity contribution in [3.05, 3.63) is 12.2 Å². The van der Waals surface area contributed by atoms with Gasteiger partial charge in [-0.25, -0.2) is 0 Å². The van der Waals surface area contributed by atoms with Gasteiger partial charge >= 0.3 is 0 Å². The largest absolute Gasteiger partial charge is 0.300 e. The molecule has 12 heavy (non-hydrogen) atoms. The van der Waals surface area contributed by atoms with Crippen molar-refractivity contribution in [2.75, 3.05) is 0 Å². The second kappa shape index (κ2) is 2.85. The molecule has 0 saturated heterocycles. The van der Waals surface area contributed by atoms with Crippen LogP contribution < -0.4 is 0 Å². The van der Waals surface area contributed by atoms with E-state index in [0.29, 0.717) is 36.9 Å². The van der Waals surface area contributed by atoms with Gasteiger partial charge in [0.1, 0.15) is 5.78 Å². The third-order valence-electron chi connectivity index (χ3n) is 2.86. The van der Waals surface area contributed by atoms with Crippen molar-refractivity contribution in [1.29, 1.82) is 0 Å². The highest BCUT2D eigenvalue weighted by Crippen LogP contribution is 2.34. The minimum absolute atomic E-state index is 0.227. The highest BCUT2D eigenvalue weighted by molar-refractivity contribution is 5.91. The summed E-state index contributed by atoms with van der Waals surface area (Å²) in [6.07, 6.45) is 6.48. The Kier molecular flexibility index (Phi) is 1.83. The zero-order chi connectivity index (χ0) is 8.55. The van der Waals surface area contributed by atoms with Crippen LogP contribution >= 0.6 is 0 Å². The maximum Gasteiger partial charge on any atom is 0.155 e. The fourth-order valence-electron chi connectivity index (χ4n) is 2.13. The minimum atomic E-state index is 0.227. The monoisotopic (exact) mass is 164 g/mol. The summed E-state index contributed by atoms with van der Waals surface area (Å²) in [6, 6.07) is 0. The number of carbonyl (C=O) groups excluding carboxylic acids is 2. The fourth-order valence-corrected chi connectivity index (χ4v) is 2.13. The highest BCUT2D eigenvalue weighted by atomic mass is 16.1. The van der Waals surface area contributed by atoms with Crippen LogP contribution in [0.25, 0.3) is 0 Å². The lowest BCUT2D eigenvalue weighted by molar-refractivity contribution is -0.124. The summed E-state index contributed by atoms with van der Waals surface area (Å²) < 4.78 is 0. The standard InChI is InChI=1S/C10H12O2/c11-9-3-1-7-5-10(12)4-2-8(7)6-9/h1,3,7-8H,2,4-6H2/t7-,8+/m0/s1. The molecule has 1 fully saturated rings. The molecule has 2 nitrogen and oxygen atoms in total. The zero-order valence-corrected chi connectivity index (χ0v) is 6.95. The molecule has 0 aromatic carbocycles. The molecule has 2 aliphatic carbocycles. The van der Waals surface area contributed by atoms with E-state index in [-0.39, 0.29) is 5.78 Å². The van der Waals surface area contributed by atoms with Crippen LogP contribution in [0.4, 0.5) is 0 Å². The van der Waals surface area contributed by atoms with Crippen molar-refractivity contribution in [1.82, 2.24) is 0 Å². The lowest BCUT2D eigenvalue weighted by Crippen LogP contribution is -2.28. The highest BCUT2D eigenvalue weighted by Gasteiger charge is 2.30. The molecule has 0 amide bonds. The Bertz CT molecular complexity index is 253. The third-order valence-corrected chi connectivity index (χ3v) is 2.86.